The van der Waals surface area contributed by atoms with E-state index in [0.29, 0.717) is 34.1 Å². The second-order valence-electron chi connectivity index (χ2n) is 11.8. The summed E-state index contributed by atoms with van der Waals surface area (Å²) in [4.78, 5) is 37.8. The average Bonchev–Trinajstić information content (AvgIpc) is 3.45. The fourth-order valence-electron chi connectivity index (χ4n) is 6.40. The normalized spacial score (nSPS) is 21.2. The Hall–Kier alpha value is -4.35. The van der Waals surface area contributed by atoms with Gasteiger partial charge in [-0.05, 0) is 80.0 Å². The number of ether oxygens (including phenoxy) is 2. The number of anilines is 1. The number of halogens is 3. The standard InChI is InChI=1S/C32H33F3N4O5/c1-17-9-21(11-22(10-17)32(33,34)35)29-18(2)39(31(42)44-29)16-26-25(15-36-30(37-26)38-7-4-8-38)24-14-23-19(12-27(24)43-3)5-6-20(23)13-28(40)41/h9-12,14-15,18,20,29H,4-8,13,16H2,1-3H3,(H,40,41)/t18-,20-,29-/m0/s1. The highest BCUT2D eigenvalue weighted by molar-refractivity contribution is 5.77. The lowest BCUT2D eigenvalue weighted by Gasteiger charge is -2.31. The molecule has 0 unspecified atom stereocenters. The van der Waals surface area contributed by atoms with Crippen molar-refractivity contribution >= 4 is 18.0 Å². The van der Waals surface area contributed by atoms with E-state index in [1.165, 1.54) is 4.90 Å². The molecule has 3 atom stereocenters. The second-order valence-corrected chi connectivity index (χ2v) is 11.8. The highest BCUT2D eigenvalue weighted by atomic mass is 19.4. The molecule has 0 saturated carbocycles. The molecule has 6 rings (SSSR count). The van der Waals surface area contributed by atoms with Crippen molar-refractivity contribution < 1.29 is 37.3 Å². The zero-order valence-electron chi connectivity index (χ0n) is 24.6. The smallest absolute Gasteiger partial charge is 0.416 e. The number of alkyl halides is 3. The Morgan fingerprint density at radius 1 is 1.16 bits per heavy atom. The molecule has 0 radical (unpaired) electrons. The first-order valence-corrected chi connectivity index (χ1v) is 14.6. The molecule has 3 aliphatic rings. The number of carboxylic acid groups (broad SMARTS) is 1. The highest BCUT2D eigenvalue weighted by Crippen LogP contribution is 2.44. The van der Waals surface area contributed by atoms with Crippen LogP contribution in [0.3, 0.4) is 0 Å². The van der Waals surface area contributed by atoms with E-state index >= 15 is 0 Å². The number of carboxylic acids is 1. The number of rotatable bonds is 8. The van der Waals surface area contributed by atoms with Crippen molar-refractivity contribution in [1.82, 2.24) is 14.9 Å². The van der Waals surface area contributed by atoms with Crippen molar-refractivity contribution in [1.29, 1.82) is 0 Å². The summed E-state index contributed by atoms with van der Waals surface area (Å²) < 4.78 is 52.1. The van der Waals surface area contributed by atoms with Gasteiger partial charge in [0.25, 0.3) is 0 Å². The number of methoxy groups -OCH3 is 1. The third kappa shape index (κ3) is 5.53. The molecule has 232 valence electrons. The lowest BCUT2D eigenvalue weighted by atomic mass is 9.93. The molecule has 1 N–H and O–H groups in total. The SMILES string of the molecule is COc1cc2c(cc1-c1cnc(N3CCC3)nc1CN1C(=O)O[C@H](c3cc(C)cc(C(F)(F)F)c3)[C@@H]1C)[C@H](CC(=O)O)CC2. The molecule has 2 saturated heterocycles. The average molecular weight is 611 g/mol. The number of hydrogen-bond donors (Lipinski definition) is 1. The number of carbonyl (C=O) groups excluding carboxylic acids is 1. The minimum absolute atomic E-state index is 0.0174. The Morgan fingerprint density at radius 2 is 1.93 bits per heavy atom. The summed E-state index contributed by atoms with van der Waals surface area (Å²) in [6.07, 6.45) is -1.91. The van der Waals surface area contributed by atoms with Crippen molar-refractivity contribution in [2.75, 3.05) is 25.1 Å². The van der Waals surface area contributed by atoms with Crippen LogP contribution in [0.1, 0.15) is 71.7 Å². The van der Waals surface area contributed by atoms with Crippen LogP contribution in [0.2, 0.25) is 0 Å². The summed E-state index contributed by atoms with van der Waals surface area (Å²) in [7, 11) is 1.56. The van der Waals surface area contributed by atoms with Gasteiger partial charge in [0, 0.05) is 30.4 Å². The predicted molar refractivity (Wildman–Crippen MR) is 155 cm³/mol. The van der Waals surface area contributed by atoms with Crippen LogP contribution in [0.25, 0.3) is 11.1 Å². The van der Waals surface area contributed by atoms with Gasteiger partial charge in [-0.25, -0.2) is 14.8 Å². The summed E-state index contributed by atoms with van der Waals surface area (Å²) in [5.41, 5.74) is 3.69. The van der Waals surface area contributed by atoms with E-state index in [9.17, 15) is 27.9 Å². The minimum Gasteiger partial charge on any atom is -0.496 e. The monoisotopic (exact) mass is 610 g/mol. The number of benzene rings is 2. The number of aromatic nitrogens is 2. The van der Waals surface area contributed by atoms with Gasteiger partial charge in [0.15, 0.2) is 0 Å². The van der Waals surface area contributed by atoms with Crippen LogP contribution in [0.4, 0.5) is 23.9 Å². The van der Waals surface area contributed by atoms with E-state index in [1.54, 1.807) is 33.2 Å². The molecule has 2 fully saturated rings. The molecule has 1 aliphatic carbocycles. The van der Waals surface area contributed by atoms with Crippen molar-refractivity contribution in [3.05, 3.63) is 70.0 Å². The molecular formula is C32H33F3N4O5. The maximum Gasteiger partial charge on any atom is 0.416 e. The molecule has 9 nitrogen and oxygen atoms in total. The Bertz CT molecular complexity index is 1620. The fraction of sp³-hybridized carbons (Fsp3) is 0.438. The molecule has 2 aliphatic heterocycles. The van der Waals surface area contributed by atoms with Gasteiger partial charge < -0.3 is 19.5 Å². The zero-order chi connectivity index (χ0) is 31.3. The molecule has 2 aromatic carbocycles. The van der Waals surface area contributed by atoms with Crippen LogP contribution < -0.4 is 9.64 Å². The molecule has 12 heteroatoms. The molecule has 0 spiro atoms. The number of fused-ring (bicyclic) bond motifs is 1. The molecule has 1 aromatic heterocycles. The largest absolute Gasteiger partial charge is 0.496 e. The second kappa shape index (κ2) is 11.3. The third-order valence-corrected chi connectivity index (χ3v) is 8.84. The Morgan fingerprint density at radius 3 is 2.59 bits per heavy atom. The number of hydrogen-bond acceptors (Lipinski definition) is 7. The summed E-state index contributed by atoms with van der Waals surface area (Å²) in [6.45, 7) is 4.95. The van der Waals surface area contributed by atoms with Gasteiger partial charge in [0.2, 0.25) is 5.95 Å². The molecule has 0 bridgehead atoms. The van der Waals surface area contributed by atoms with Gasteiger partial charge in [-0.3, -0.25) is 9.69 Å². The number of aryl methyl sites for hydroxylation is 2. The fourth-order valence-corrected chi connectivity index (χ4v) is 6.40. The predicted octanol–water partition coefficient (Wildman–Crippen LogP) is 6.28. The van der Waals surface area contributed by atoms with Gasteiger partial charge >= 0.3 is 18.2 Å². The zero-order valence-corrected chi connectivity index (χ0v) is 24.6. The summed E-state index contributed by atoms with van der Waals surface area (Å²) in [5.74, 6) is 0.0946. The van der Waals surface area contributed by atoms with Gasteiger partial charge in [0.05, 0.1) is 37.4 Å². The van der Waals surface area contributed by atoms with E-state index in [-0.39, 0.29) is 24.4 Å². The van der Waals surface area contributed by atoms with Gasteiger partial charge in [-0.2, -0.15) is 13.2 Å². The first-order valence-electron chi connectivity index (χ1n) is 14.6. The van der Waals surface area contributed by atoms with E-state index < -0.39 is 35.9 Å². The van der Waals surface area contributed by atoms with Crippen LogP contribution in [0.5, 0.6) is 5.75 Å². The summed E-state index contributed by atoms with van der Waals surface area (Å²) >= 11 is 0. The molecule has 3 heterocycles. The summed E-state index contributed by atoms with van der Waals surface area (Å²) in [6, 6.07) is 6.99. The Kier molecular flexibility index (Phi) is 7.63. The molecule has 3 aromatic rings. The highest BCUT2D eigenvalue weighted by Gasteiger charge is 2.42. The van der Waals surface area contributed by atoms with Crippen molar-refractivity contribution in [3.63, 3.8) is 0 Å². The first-order chi connectivity index (χ1) is 20.9. The van der Waals surface area contributed by atoms with Crippen molar-refractivity contribution in [2.45, 2.75) is 70.3 Å². The van der Waals surface area contributed by atoms with E-state index in [2.05, 4.69) is 4.98 Å². The van der Waals surface area contributed by atoms with Gasteiger partial charge in [0.1, 0.15) is 11.9 Å². The van der Waals surface area contributed by atoms with Crippen molar-refractivity contribution in [2.24, 2.45) is 0 Å². The lowest BCUT2D eigenvalue weighted by molar-refractivity contribution is -0.138. The minimum atomic E-state index is -4.53. The maximum atomic E-state index is 13.6. The summed E-state index contributed by atoms with van der Waals surface area (Å²) in [5, 5.41) is 9.47. The van der Waals surface area contributed by atoms with Crippen LogP contribution in [0.15, 0.2) is 36.5 Å². The van der Waals surface area contributed by atoms with Crippen LogP contribution in [-0.4, -0.2) is 58.3 Å². The van der Waals surface area contributed by atoms with E-state index in [4.69, 9.17) is 14.5 Å². The third-order valence-electron chi connectivity index (χ3n) is 8.84. The number of cyclic esters (lactones) is 1. The lowest BCUT2D eigenvalue weighted by Crippen LogP contribution is -2.39. The molecular weight excluding hydrogens is 577 g/mol. The Labute approximate surface area is 252 Å². The van der Waals surface area contributed by atoms with E-state index in [0.717, 1.165) is 55.6 Å². The van der Waals surface area contributed by atoms with Crippen LogP contribution in [0, 0.1) is 6.92 Å². The number of aliphatic carboxylic acids is 1. The number of amides is 1. The first kappa shape index (κ1) is 29.7. The van der Waals surface area contributed by atoms with Gasteiger partial charge in [-0.1, -0.05) is 11.6 Å². The quantitative estimate of drug-likeness (QED) is 0.318. The number of carbonyl (C=O) groups is 2. The molecule has 44 heavy (non-hydrogen) atoms. The van der Waals surface area contributed by atoms with Crippen LogP contribution in [-0.2, 0) is 28.7 Å². The maximum absolute atomic E-state index is 13.6. The van der Waals surface area contributed by atoms with Gasteiger partial charge in [-0.15, -0.1) is 0 Å². The number of nitrogens with zero attached hydrogens (tertiary/aromatic N) is 4. The topological polar surface area (TPSA) is 105 Å². The molecule has 1 amide bonds. The van der Waals surface area contributed by atoms with E-state index in [1.807, 2.05) is 17.0 Å². The van der Waals surface area contributed by atoms with Crippen molar-refractivity contribution in [3.8, 4) is 16.9 Å². The van der Waals surface area contributed by atoms with Crippen LogP contribution >= 0.6 is 0 Å². The Balaban J connectivity index is 1.38.